The molecule has 4 atom stereocenters. The summed E-state index contributed by atoms with van der Waals surface area (Å²) < 4.78 is 5.49. The average molecular weight is 541 g/mol. The van der Waals surface area contributed by atoms with Crippen LogP contribution < -0.4 is 21.1 Å². The van der Waals surface area contributed by atoms with Crippen molar-refractivity contribution >= 4 is 28.7 Å². The lowest BCUT2D eigenvalue weighted by Gasteiger charge is -2.25. The number of H-pyrrole nitrogens is 1. The third-order valence-electron chi connectivity index (χ3n) is 6.27. The third kappa shape index (κ3) is 8.45. The van der Waals surface area contributed by atoms with Gasteiger partial charge in [0.2, 0.25) is 5.91 Å². The first-order chi connectivity index (χ1) is 18.5. The Morgan fingerprint density at radius 1 is 1.03 bits per heavy atom. The molecule has 0 spiro atoms. The number of rotatable bonds is 14. The maximum atomic E-state index is 13.1. The van der Waals surface area contributed by atoms with E-state index in [1.807, 2.05) is 38.1 Å². The number of carbonyl (C=O) groups is 3. The summed E-state index contributed by atoms with van der Waals surface area (Å²) in [4.78, 5) is 41.0. The van der Waals surface area contributed by atoms with E-state index in [1.54, 1.807) is 18.3 Å². The lowest BCUT2D eigenvalue weighted by atomic mass is 10.0. The number of carbonyl (C=O) groups excluding carboxylic acids is 2. The summed E-state index contributed by atoms with van der Waals surface area (Å²) in [5.41, 5.74) is 7.57. The summed E-state index contributed by atoms with van der Waals surface area (Å²) in [7, 11) is 0. The van der Waals surface area contributed by atoms with Gasteiger partial charge in [0, 0.05) is 35.6 Å². The molecule has 8 N–H and O–H groups in total. The number of aliphatic hydroxyl groups excluding tert-OH is 1. The predicted molar refractivity (Wildman–Crippen MR) is 145 cm³/mol. The number of carboxylic acid groups (broad SMARTS) is 1. The second-order valence-electron chi connectivity index (χ2n) is 9.90. The van der Waals surface area contributed by atoms with Gasteiger partial charge in [-0.3, -0.25) is 9.59 Å². The Hall–Kier alpha value is -4.09. The Balaban J connectivity index is 1.60. The zero-order chi connectivity index (χ0) is 28.5. The van der Waals surface area contributed by atoms with Gasteiger partial charge in [0.05, 0.1) is 6.61 Å². The molecule has 1 aromatic heterocycles. The summed E-state index contributed by atoms with van der Waals surface area (Å²) in [6.45, 7) is 3.79. The number of nitrogens with one attached hydrogen (secondary N) is 3. The van der Waals surface area contributed by atoms with E-state index in [4.69, 9.17) is 10.5 Å². The van der Waals surface area contributed by atoms with Crippen LogP contribution in [0.3, 0.4) is 0 Å². The Morgan fingerprint density at radius 2 is 1.74 bits per heavy atom. The van der Waals surface area contributed by atoms with Crippen molar-refractivity contribution in [1.82, 2.24) is 15.6 Å². The number of nitrogens with two attached hydrogens (primary N) is 1. The van der Waals surface area contributed by atoms with Crippen molar-refractivity contribution in [3.8, 4) is 11.5 Å². The number of aromatic nitrogens is 1. The van der Waals surface area contributed by atoms with Gasteiger partial charge in [-0.25, -0.2) is 4.79 Å². The van der Waals surface area contributed by atoms with Crippen LogP contribution in [0.1, 0.15) is 32.3 Å². The summed E-state index contributed by atoms with van der Waals surface area (Å²) in [6.07, 6.45) is 0.473. The fraction of sp³-hybridized carbons (Fsp3) is 0.393. The number of carboxylic acids is 1. The van der Waals surface area contributed by atoms with E-state index in [-0.39, 0.29) is 37.5 Å². The van der Waals surface area contributed by atoms with Crippen molar-refractivity contribution in [3.63, 3.8) is 0 Å². The Bertz CT molecular complexity index is 1280. The monoisotopic (exact) mass is 540 g/mol. The number of phenolic OH excluding ortho intramolecular Hbond substituents is 1. The molecule has 1 heterocycles. The molecule has 0 fully saturated rings. The molecule has 0 aliphatic carbocycles. The predicted octanol–water partition coefficient (Wildman–Crippen LogP) is 1.67. The van der Waals surface area contributed by atoms with E-state index >= 15 is 0 Å². The van der Waals surface area contributed by atoms with E-state index < -0.39 is 42.0 Å². The Labute approximate surface area is 226 Å². The van der Waals surface area contributed by atoms with Crippen molar-refractivity contribution in [3.05, 3.63) is 60.3 Å². The number of phenols is 1. The zero-order valence-corrected chi connectivity index (χ0v) is 22.0. The number of aliphatic carboxylic acids is 1. The topological polar surface area (TPSA) is 187 Å². The molecule has 0 aliphatic heterocycles. The van der Waals surface area contributed by atoms with E-state index in [9.17, 15) is 29.7 Å². The maximum absolute atomic E-state index is 13.1. The van der Waals surface area contributed by atoms with Crippen molar-refractivity contribution in [2.45, 2.75) is 57.3 Å². The van der Waals surface area contributed by atoms with Gasteiger partial charge in [-0.15, -0.1) is 0 Å². The number of aliphatic hydroxyl groups is 1. The molecule has 0 unspecified atom stereocenters. The van der Waals surface area contributed by atoms with Crippen LogP contribution in [0.5, 0.6) is 11.5 Å². The number of hydrogen-bond donors (Lipinski definition) is 7. The van der Waals surface area contributed by atoms with Gasteiger partial charge in [-0.2, -0.15) is 0 Å². The van der Waals surface area contributed by atoms with Crippen LogP contribution in [0.2, 0.25) is 0 Å². The van der Waals surface area contributed by atoms with Gasteiger partial charge in [0.25, 0.3) is 5.91 Å². The molecule has 3 rings (SSSR count). The van der Waals surface area contributed by atoms with Gasteiger partial charge in [-0.05, 0) is 42.5 Å². The molecule has 0 aliphatic rings. The number of fused-ring (bicyclic) bond motifs is 1. The van der Waals surface area contributed by atoms with Gasteiger partial charge >= 0.3 is 5.97 Å². The molecule has 0 saturated heterocycles. The minimum Gasteiger partial charge on any atom is -0.508 e. The van der Waals surface area contributed by atoms with Crippen LogP contribution in [0.4, 0.5) is 0 Å². The van der Waals surface area contributed by atoms with Crippen LogP contribution in [0.25, 0.3) is 10.9 Å². The minimum absolute atomic E-state index is 0.0144. The highest BCUT2D eigenvalue weighted by molar-refractivity contribution is 5.92. The number of amides is 2. The summed E-state index contributed by atoms with van der Waals surface area (Å²) in [5.74, 6) is -2.29. The Kier molecular flexibility index (Phi) is 10.3. The first-order valence-corrected chi connectivity index (χ1v) is 12.8. The Morgan fingerprint density at radius 3 is 2.44 bits per heavy atom. The number of aromatic hydroxyl groups is 1. The molecular formula is C28H36N4O7. The summed E-state index contributed by atoms with van der Waals surface area (Å²) in [5, 5.41) is 35.7. The van der Waals surface area contributed by atoms with Crippen LogP contribution in [-0.2, 0) is 20.8 Å². The van der Waals surface area contributed by atoms with Gasteiger partial charge in [0.1, 0.15) is 29.7 Å². The number of benzene rings is 2. The first-order valence-electron chi connectivity index (χ1n) is 12.8. The molecular weight excluding hydrogens is 504 g/mol. The fourth-order valence-corrected chi connectivity index (χ4v) is 4.19. The van der Waals surface area contributed by atoms with Crippen LogP contribution in [0, 0.1) is 5.92 Å². The lowest BCUT2D eigenvalue weighted by Crippen LogP contribution is -2.56. The third-order valence-corrected chi connectivity index (χ3v) is 6.27. The summed E-state index contributed by atoms with van der Waals surface area (Å²) in [6, 6.07) is 10.3. The van der Waals surface area contributed by atoms with E-state index in [1.165, 1.54) is 12.1 Å². The first kappa shape index (κ1) is 29.5. The second kappa shape index (κ2) is 13.6. The maximum Gasteiger partial charge on any atom is 0.326 e. The van der Waals surface area contributed by atoms with E-state index in [0.29, 0.717) is 5.75 Å². The molecule has 39 heavy (non-hydrogen) atoms. The van der Waals surface area contributed by atoms with Crippen LogP contribution >= 0.6 is 0 Å². The molecule has 3 aromatic rings. The lowest BCUT2D eigenvalue weighted by molar-refractivity contribution is -0.142. The van der Waals surface area contributed by atoms with E-state index in [0.717, 1.165) is 16.5 Å². The van der Waals surface area contributed by atoms with Gasteiger partial charge in [-0.1, -0.05) is 38.1 Å². The molecule has 2 amide bonds. The molecule has 210 valence electrons. The minimum atomic E-state index is -1.62. The number of ether oxygens (including phenoxy) is 1. The fourth-order valence-electron chi connectivity index (χ4n) is 4.19. The largest absolute Gasteiger partial charge is 0.508 e. The van der Waals surface area contributed by atoms with Gasteiger partial charge < -0.3 is 41.4 Å². The molecule has 11 heteroatoms. The van der Waals surface area contributed by atoms with Crippen LogP contribution in [0.15, 0.2) is 54.7 Å². The number of aromatic amines is 1. The normalized spacial score (nSPS) is 14.4. The highest BCUT2D eigenvalue weighted by atomic mass is 16.5. The molecule has 0 saturated carbocycles. The molecule has 0 bridgehead atoms. The van der Waals surface area contributed by atoms with Gasteiger partial charge in [0.15, 0.2) is 0 Å². The van der Waals surface area contributed by atoms with Crippen molar-refractivity contribution in [2.75, 3.05) is 6.61 Å². The van der Waals surface area contributed by atoms with Crippen molar-refractivity contribution in [1.29, 1.82) is 0 Å². The average Bonchev–Trinajstić information content (AvgIpc) is 3.29. The SMILES string of the molecule is CC(C)C[C@H](NC(=O)[C@@H](O)[C@H](N)CCOc1cccc(O)c1)C(=O)N[C@@H](Cc1c[nH]c2ccccc12)C(=O)O. The summed E-state index contributed by atoms with van der Waals surface area (Å²) >= 11 is 0. The molecule has 0 radical (unpaired) electrons. The highest BCUT2D eigenvalue weighted by Gasteiger charge is 2.31. The standard InChI is InChI=1S/C28H36N4O7/c1-16(2)12-23(31-27(36)25(34)21(29)10-11-39-19-7-5-6-18(33)14-19)26(35)32-24(28(37)38)13-17-15-30-22-9-4-3-8-20(17)22/h3-9,14-16,21,23-25,30,33-34H,10-13,29H2,1-2H3,(H,31,36)(H,32,35)(H,37,38)/t21-,23+,24+,25+/m1/s1. The zero-order valence-electron chi connectivity index (χ0n) is 22.0. The van der Waals surface area contributed by atoms with E-state index in [2.05, 4.69) is 15.6 Å². The second-order valence-corrected chi connectivity index (χ2v) is 9.90. The highest BCUT2D eigenvalue weighted by Crippen LogP contribution is 2.20. The number of hydrogen-bond acceptors (Lipinski definition) is 7. The quantitative estimate of drug-likeness (QED) is 0.161. The van der Waals surface area contributed by atoms with Crippen molar-refractivity contribution in [2.24, 2.45) is 11.7 Å². The number of para-hydroxylation sites is 1. The molecule has 11 nitrogen and oxygen atoms in total. The smallest absolute Gasteiger partial charge is 0.326 e. The van der Waals surface area contributed by atoms with Crippen LogP contribution in [-0.4, -0.2) is 68.9 Å². The van der Waals surface area contributed by atoms with Crippen molar-refractivity contribution < 1.29 is 34.4 Å². The molecule has 2 aromatic carbocycles.